The standard InChI is InChI=1S/C15H25ClN2O/c1-2-3-4-5-6-7-8-9-10-14-17-13(12-16)11-15(19)18-14/h11H,2-10,12H2,1H3,(H,17,18,19). The fourth-order valence-corrected chi connectivity index (χ4v) is 2.27. The summed E-state index contributed by atoms with van der Waals surface area (Å²) < 4.78 is 0. The van der Waals surface area contributed by atoms with Crippen molar-refractivity contribution in [3.8, 4) is 5.88 Å². The van der Waals surface area contributed by atoms with E-state index in [1.807, 2.05) is 0 Å². The van der Waals surface area contributed by atoms with Gasteiger partial charge in [0.1, 0.15) is 5.82 Å². The van der Waals surface area contributed by atoms with Crippen LogP contribution in [0.2, 0.25) is 0 Å². The molecular weight excluding hydrogens is 260 g/mol. The van der Waals surface area contributed by atoms with Gasteiger partial charge in [-0.3, -0.25) is 0 Å². The number of unbranched alkanes of at least 4 members (excludes halogenated alkanes) is 7. The molecule has 0 aliphatic rings. The third kappa shape index (κ3) is 7.36. The first kappa shape index (κ1) is 16.2. The normalized spacial score (nSPS) is 10.8. The summed E-state index contributed by atoms with van der Waals surface area (Å²) in [5.74, 6) is 1.06. The Balaban J connectivity index is 2.13. The topological polar surface area (TPSA) is 46.0 Å². The van der Waals surface area contributed by atoms with E-state index in [1.54, 1.807) is 0 Å². The van der Waals surface area contributed by atoms with E-state index in [4.69, 9.17) is 11.6 Å². The molecule has 0 fully saturated rings. The van der Waals surface area contributed by atoms with E-state index in [2.05, 4.69) is 16.9 Å². The Hall–Kier alpha value is -0.830. The molecule has 0 amide bonds. The highest BCUT2D eigenvalue weighted by atomic mass is 35.5. The Bertz CT molecular complexity index is 358. The number of halogens is 1. The number of hydrogen-bond donors (Lipinski definition) is 1. The van der Waals surface area contributed by atoms with Crippen LogP contribution in [0.4, 0.5) is 0 Å². The molecule has 0 saturated carbocycles. The first-order chi connectivity index (χ1) is 9.26. The van der Waals surface area contributed by atoms with Gasteiger partial charge in [-0.2, -0.15) is 4.98 Å². The molecule has 19 heavy (non-hydrogen) atoms. The minimum Gasteiger partial charge on any atom is -0.493 e. The maximum absolute atomic E-state index is 9.44. The van der Waals surface area contributed by atoms with Crippen LogP contribution in [-0.4, -0.2) is 15.1 Å². The third-order valence-electron chi connectivity index (χ3n) is 3.20. The van der Waals surface area contributed by atoms with Crippen molar-refractivity contribution in [2.45, 2.75) is 70.6 Å². The molecule has 1 rings (SSSR count). The molecule has 108 valence electrons. The van der Waals surface area contributed by atoms with Crippen molar-refractivity contribution >= 4 is 11.6 Å². The summed E-state index contributed by atoms with van der Waals surface area (Å²) in [4.78, 5) is 8.33. The van der Waals surface area contributed by atoms with Crippen LogP contribution >= 0.6 is 11.6 Å². The monoisotopic (exact) mass is 284 g/mol. The first-order valence-corrected chi connectivity index (χ1v) is 7.91. The third-order valence-corrected chi connectivity index (χ3v) is 3.48. The molecule has 0 spiro atoms. The second kappa shape index (κ2) is 10.0. The van der Waals surface area contributed by atoms with Crippen molar-refractivity contribution in [3.63, 3.8) is 0 Å². The van der Waals surface area contributed by atoms with E-state index in [0.717, 1.165) is 12.8 Å². The molecule has 1 heterocycles. The van der Waals surface area contributed by atoms with Gasteiger partial charge >= 0.3 is 0 Å². The first-order valence-electron chi connectivity index (χ1n) is 7.38. The molecule has 1 aromatic heterocycles. The fraction of sp³-hybridized carbons (Fsp3) is 0.733. The highest BCUT2D eigenvalue weighted by molar-refractivity contribution is 6.16. The van der Waals surface area contributed by atoms with Crippen molar-refractivity contribution < 1.29 is 5.11 Å². The maximum Gasteiger partial charge on any atom is 0.214 e. The van der Waals surface area contributed by atoms with Gasteiger partial charge in [-0.1, -0.05) is 51.9 Å². The lowest BCUT2D eigenvalue weighted by Crippen LogP contribution is -1.98. The molecule has 3 nitrogen and oxygen atoms in total. The Morgan fingerprint density at radius 3 is 2.26 bits per heavy atom. The number of aromatic nitrogens is 2. The van der Waals surface area contributed by atoms with E-state index in [0.29, 0.717) is 17.4 Å². The van der Waals surface area contributed by atoms with Crippen LogP contribution in [-0.2, 0) is 12.3 Å². The predicted octanol–water partition coefficient (Wildman–Crippen LogP) is 4.60. The number of aryl methyl sites for hydroxylation is 1. The number of nitrogens with zero attached hydrogens (tertiary/aromatic N) is 2. The van der Waals surface area contributed by atoms with E-state index in [-0.39, 0.29) is 5.88 Å². The van der Waals surface area contributed by atoms with Crippen LogP contribution in [0.5, 0.6) is 5.88 Å². The van der Waals surface area contributed by atoms with Gasteiger partial charge in [-0.15, -0.1) is 11.6 Å². The molecule has 1 N–H and O–H groups in total. The smallest absolute Gasteiger partial charge is 0.214 e. The van der Waals surface area contributed by atoms with E-state index in [1.165, 1.54) is 51.0 Å². The molecule has 0 aliphatic heterocycles. The molecule has 0 atom stereocenters. The maximum atomic E-state index is 9.44. The largest absolute Gasteiger partial charge is 0.493 e. The molecule has 1 aromatic rings. The zero-order chi connectivity index (χ0) is 13.9. The van der Waals surface area contributed by atoms with Crippen LogP contribution in [0.25, 0.3) is 0 Å². The van der Waals surface area contributed by atoms with E-state index < -0.39 is 0 Å². The summed E-state index contributed by atoms with van der Waals surface area (Å²) in [7, 11) is 0. The van der Waals surface area contributed by atoms with Crippen molar-refractivity contribution in [3.05, 3.63) is 17.6 Å². The van der Waals surface area contributed by atoms with Crippen LogP contribution < -0.4 is 0 Å². The van der Waals surface area contributed by atoms with Crippen molar-refractivity contribution in [2.24, 2.45) is 0 Å². The number of hydrogen-bond acceptors (Lipinski definition) is 3. The minimum absolute atomic E-state index is 0.0280. The van der Waals surface area contributed by atoms with E-state index in [9.17, 15) is 5.11 Å². The fourth-order valence-electron chi connectivity index (χ4n) is 2.13. The second-order valence-electron chi connectivity index (χ2n) is 4.99. The highest BCUT2D eigenvalue weighted by Crippen LogP contribution is 2.13. The van der Waals surface area contributed by atoms with Crippen molar-refractivity contribution in [1.29, 1.82) is 0 Å². The quantitative estimate of drug-likeness (QED) is 0.504. The summed E-state index contributed by atoms with van der Waals surface area (Å²) >= 11 is 5.71. The van der Waals surface area contributed by atoms with Gasteiger partial charge in [0.05, 0.1) is 11.6 Å². The molecule has 4 heteroatoms. The van der Waals surface area contributed by atoms with Gasteiger partial charge < -0.3 is 5.11 Å². The second-order valence-corrected chi connectivity index (χ2v) is 5.26. The predicted molar refractivity (Wildman–Crippen MR) is 79.6 cm³/mol. The van der Waals surface area contributed by atoms with E-state index >= 15 is 0 Å². The lowest BCUT2D eigenvalue weighted by molar-refractivity contribution is 0.446. The summed E-state index contributed by atoms with van der Waals surface area (Å²) in [5, 5.41) is 9.44. The Morgan fingerprint density at radius 1 is 1.00 bits per heavy atom. The lowest BCUT2D eigenvalue weighted by atomic mass is 10.1. The zero-order valence-corrected chi connectivity index (χ0v) is 12.6. The molecule has 0 radical (unpaired) electrons. The Morgan fingerprint density at radius 2 is 1.63 bits per heavy atom. The number of alkyl halides is 1. The van der Waals surface area contributed by atoms with Crippen LogP contribution in [0, 0.1) is 0 Å². The summed E-state index contributed by atoms with van der Waals surface area (Å²) in [5.41, 5.74) is 0.698. The Labute approximate surface area is 121 Å². The van der Waals surface area contributed by atoms with Crippen LogP contribution in [0.3, 0.4) is 0 Å². The summed E-state index contributed by atoms with van der Waals surface area (Å²) in [6.07, 6.45) is 11.1. The van der Waals surface area contributed by atoms with Gasteiger partial charge in [0.15, 0.2) is 0 Å². The molecule has 0 aliphatic carbocycles. The Kier molecular flexibility index (Phi) is 8.55. The van der Waals surface area contributed by atoms with Gasteiger partial charge in [0, 0.05) is 12.5 Å². The highest BCUT2D eigenvalue weighted by Gasteiger charge is 2.03. The molecule has 0 bridgehead atoms. The number of rotatable bonds is 10. The molecule has 0 saturated heterocycles. The van der Waals surface area contributed by atoms with Crippen molar-refractivity contribution in [2.75, 3.05) is 0 Å². The van der Waals surface area contributed by atoms with Crippen LogP contribution in [0.15, 0.2) is 6.07 Å². The van der Waals surface area contributed by atoms with Crippen LogP contribution in [0.1, 0.15) is 69.8 Å². The molecule has 0 unspecified atom stereocenters. The van der Waals surface area contributed by atoms with Crippen molar-refractivity contribution in [1.82, 2.24) is 9.97 Å². The summed E-state index contributed by atoms with van der Waals surface area (Å²) in [6, 6.07) is 1.52. The average molecular weight is 285 g/mol. The van der Waals surface area contributed by atoms with Gasteiger partial charge in [-0.25, -0.2) is 4.98 Å². The number of aromatic hydroxyl groups is 1. The summed E-state index contributed by atoms with van der Waals surface area (Å²) in [6.45, 7) is 2.24. The van der Waals surface area contributed by atoms with Gasteiger partial charge in [0.2, 0.25) is 5.88 Å². The lowest BCUT2D eigenvalue weighted by Gasteiger charge is -2.04. The van der Waals surface area contributed by atoms with Gasteiger partial charge in [-0.05, 0) is 6.42 Å². The molecular formula is C15H25ClN2O. The SMILES string of the molecule is CCCCCCCCCCc1nc(O)cc(CCl)n1. The molecule has 0 aromatic carbocycles. The average Bonchev–Trinajstić information content (AvgIpc) is 2.41. The zero-order valence-electron chi connectivity index (χ0n) is 11.9. The van der Waals surface area contributed by atoms with Gasteiger partial charge in [0.25, 0.3) is 0 Å². The minimum atomic E-state index is 0.0280.